The van der Waals surface area contributed by atoms with Crippen LogP contribution in [0.25, 0.3) is 0 Å². The standard InChI is InChI=1S/C16H20F3N5O.HI/c1-20-15(21-8-11-6-4-5-7-13(11)25-3)22-9-12-10-24(2)23-14(12)16(17,18)19;/h4-7,10H,8-9H2,1-3H3,(H2,20,21,22);1H. The number of nitrogens with one attached hydrogen (secondary N) is 2. The molecule has 0 saturated heterocycles. The molecule has 2 aromatic rings. The van der Waals surface area contributed by atoms with Crippen molar-refractivity contribution >= 4 is 29.9 Å². The van der Waals surface area contributed by atoms with Gasteiger partial charge in [0.05, 0.1) is 7.11 Å². The monoisotopic (exact) mass is 483 g/mol. The van der Waals surface area contributed by atoms with Gasteiger partial charge < -0.3 is 15.4 Å². The Balaban J connectivity index is 0.00000338. The third-order valence-corrected chi connectivity index (χ3v) is 3.48. The third kappa shape index (κ3) is 5.78. The number of halogens is 4. The topological polar surface area (TPSA) is 63.5 Å². The van der Waals surface area contributed by atoms with Crippen molar-refractivity contribution in [2.75, 3.05) is 14.2 Å². The van der Waals surface area contributed by atoms with Crippen molar-refractivity contribution in [1.29, 1.82) is 0 Å². The van der Waals surface area contributed by atoms with Gasteiger partial charge in [-0.3, -0.25) is 9.67 Å². The second kappa shape index (κ2) is 9.64. The van der Waals surface area contributed by atoms with E-state index in [1.807, 2.05) is 24.3 Å². The van der Waals surface area contributed by atoms with Gasteiger partial charge in [-0.15, -0.1) is 24.0 Å². The molecule has 6 nitrogen and oxygen atoms in total. The van der Waals surface area contributed by atoms with Crippen LogP contribution < -0.4 is 15.4 Å². The molecule has 0 amide bonds. The van der Waals surface area contributed by atoms with E-state index in [2.05, 4.69) is 20.7 Å². The number of aromatic nitrogens is 2. The van der Waals surface area contributed by atoms with Gasteiger partial charge in [-0.05, 0) is 6.07 Å². The molecule has 0 atom stereocenters. The molecule has 0 fully saturated rings. The molecule has 2 N–H and O–H groups in total. The van der Waals surface area contributed by atoms with E-state index in [1.54, 1.807) is 14.2 Å². The fraction of sp³-hybridized carbons (Fsp3) is 0.375. The lowest BCUT2D eigenvalue weighted by molar-refractivity contribution is -0.142. The summed E-state index contributed by atoms with van der Waals surface area (Å²) in [5, 5.41) is 9.39. The summed E-state index contributed by atoms with van der Waals surface area (Å²) in [7, 11) is 4.58. The number of guanidine groups is 1. The normalized spacial score (nSPS) is 11.7. The molecule has 0 spiro atoms. The summed E-state index contributed by atoms with van der Waals surface area (Å²) in [4.78, 5) is 4.02. The zero-order valence-electron chi connectivity index (χ0n) is 14.6. The van der Waals surface area contributed by atoms with E-state index in [0.717, 1.165) is 16.0 Å². The molecule has 1 aromatic heterocycles. The van der Waals surface area contributed by atoms with E-state index < -0.39 is 11.9 Å². The fourth-order valence-corrected chi connectivity index (χ4v) is 2.33. The maximum absolute atomic E-state index is 13.0. The van der Waals surface area contributed by atoms with Crippen LogP contribution in [-0.2, 0) is 26.3 Å². The molecule has 0 bridgehead atoms. The highest BCUT2D eigenvalue weighted by Gasteiger charge is 2.36. The van der Waals surface area contributed by atoms with E-state index in [-0.39, 0.29) is 36.1 Å². The van der Waals surface area contributed by atoms with Crippen LogP contribution in [0.15, 0.2) is 35.5 Å². The van der Waals surface area contributed by atoms with Crippen molar-refractivity contribution in [3.05, 3.63) is 47.3 Å². The average Bonchev–Trinajstić information content (AvgIpc) is 2.96. The molecular formula is C16H21F3IN5O. The molecule has 10 heteroatoms. The first kappa shape index (κ1) is 22.1. The minimum absolute atomic E-state index is 0. The Hall–Kier alpha value is -1.98. The highest BCUT2D eigenvalue weighted by atomic mass is 127. The minimum Gasteiger partial charge on any atom is -0.496 e. The van der Waals surface area contributed by atoms with Crippen molar-refractivity contribution < 1.29 is 17.9 Å². The molecule has 0 saturated carbocycles. The van der Waals surface area contributed by atoms with Crippen LogP contribution in [-0.4, -0.2) is 29.9 Å². The van der Waals surface area contributed by atoms with Crippen molar-refractivity contribution in [3.8, 4) is 5.75 Å². The van der Waals surface area contributed by atoms with Crippen molar-refractivity contribution in [3.63, 3.8) is 0 Å². The number of alkyl halides is 3. The Morgan fingerprint density at radius 1 is 1.19 bits per heavy atom. The maximum Gasteiger partial charge on any atom is 0.435 e. The van der Waals surface area contributed by atoms with Gasteiger partial charge in [-0.25, -0.2) is 0 Å². The minimum atomic E-state index is -4.49. The number of nitrogens with zero attached hydrogens (tertiary/aromatic N) is 3. The Morgan fingerprint density at radius 3 is 2.38 bits per heavy atom. The Morgan fingerprint density at radius 2 is 1.81 bits per heavy atom. The van der Waals surface area contributed by atoms with Gasteiger partial charge in [-0.1, -0.05) is 18.2 Å². The number of aryl methyl sites for hydroxylation is 1. The van der Waals surface area contributed by atoms with E-state index in [1.165, 1.54) is 13.2 Å². The van der Waals surface area contributed by atoms with E-state index in [4.69, 9.17) is 4.74 Å². The summed E-state index contributed by atoms with van der Waals surface area (Å²) in [6, 6.07) is 7.46. The lowest BCUT2D eigenvalue weighted by Crippen LogP contribution is -2.36. The number of ether oxygens (including phenoxy) is 1. The number of hydrogen-bond donors (Lipinski definition) is 2. The third-order valence-electron chi connectivity index (χ3n) is 3.48. The number of para-hydroxylation sites is 1. The largest absolute Gasteiger partial charge is 0.496 e. The summed E-state index contributed by atoms with van der Waals surface area (Å²) < 4.78 is 45.3. The summed E-state index contributed by atoms with van der Waals surface area (Å²) in [5.41, 5.74) is 0.0585. The lowest BCUT2D eigenvalue weighted by Gasteiger charge is -2.14. The van der Waals surface area contributed by atoms with Gasteiger partial charge in [0.25, 0.3) is 0 Å². The summed E-state index contributed by atoms with van der Waals surface area (Å²) in [6.45, 7) is 0.372. The molecule has 144 valence electrons. The van der Waals surface area contributed by atoms with Gasteiger partial charge in [0.1, 0.15) is 5.75 Å². The highest BCUT2D eigenvalue weighted by Crippen LogP contribution is 2.30. The summed E-state index contributed by atoms with van der Waals surface area (Å²) in [6.07, 6.45) is -3.16. The SMILES string of the molecule is CN=C(NCc1ccccc1OC)NCc1cn(C)nc1C(F)(F)F.I. The zero-order valence-corrected chi connectivity index (χ0v) is 16.9. The predicted molar refractivity (Wildman–Crippen MR) is 104 cm³/mol. The molecular weight excluding hydrogens is 462 g/mol. The van der Waals surface area contributed by atoms with Crippen LogP contribution in [0.3, 0.4) is 0 Å². The Labute approximate surface area is 166 Å². The zero-order chi connectivity index (χ0) is 18.4. The molecule has 0 aliphatic carbocycles. The molecule has 26 heavy (non-hydrogen) atoms. The van der Waals surface area contributed by atoms with Crippen LogP contribution in [0.2, 0.25) is 0 Å². The van der Waals surface area contributed by atoms with Crippen molar-refractivity contribution in [2.24, 2.45) is 12.0 Å². The molecule has 0 aliphatic rings. The van der Waals surface area contributed by atoms with Crippen molar-refractivity contribution in [1.82, 2.24) is 20.4 Å². The second-order valence-electron chi connectivity index (χ2n) is 5.27. The Bertz CT molecular complexity index is 746. The Kier molecular flexibility index (Phi) is 8.18. The number of rotatable bonds is 5. The van der Waals surface area contributed by atoms with Gasteiger partial charge in [0.2, 0.25) is 0 Å². The highest BCUT2D eigenvalue weighted by molar-refractivity contribution is 14.0. The van der Waals surface area contributed by atoms with E-state index >= 15 is 0 Å². The van der Waals surface area contributed by atoms with E-state index in [0.29, 0.717) is 12.5 Å². The van der Waals surface area contributed by atoms with Gasteiger partial charge in [-0.2, -0.15) is 18.3 Å². The molecule has 0 radical (unpaired) electrons. The van der Waals surface area contributed by atoms with Gasteiger partial charge >= 0.3 is 6.18 Å². The first-order valence-corrected chi connectivity index (χ1v) is 7.51. The second-order valence-corrected chi connectivity index (χ2v) is 5.27. The molecule has 1 heterocycles. The predicted octanol–water partition coefficient (Wildman–Crippen LogP) is 2.93. The summed E-state index contributed by atoms with van der Waals surface area (Å²) in [5.74, 6) is 1.10. The number of aliphatic imine (C=N–C) groups is 1. The number of hydrogen-bond acceptors (Lipinski definition) is 3. The van der Waals surface area contributed by atoms with Crippen molar-refractivity contribution in [2.45, 2.75) is 19.3 Å². The first-order chi connectivity index (χ1) is 11.8. The van der Waals surface area contributed by atoms with Gasteiger partial charge in [0, 0.05) is 44.5 Å². The van der Waals surface area contributed by atoms with Crippen LogP contribution in [0.4, 0.5) is 13.2 Å². The fourth-order valence-electron chi connectivity index (χ4n) is 2.33. The molecule has 0 aliphatic heterocycles. The van der Waals surface area contributed by atoms with Crippen LogP contribution in [0.1, 0.15) is 16.8 Å². The van der Waals surface area contributed by atoms with Crippen LogP contribution >= 0.6 is 24.0 Å². The first-order valence-electron chi connectivity index (χ1n) is 7.51. The van der Waals surface area contributed by atoms with Crippen LogP contribution in [0, 0.1) is 0 Å². The smallest absolute Gasteiger partial charge is 0.435 e. The summed E-state index contributed by atoms with van der Waals surface area (Å²) >= 11 is 0. The lowest BCUT2D eigenvalue weighted by atomic mass is 10.2. The van der Waals surface area contributed by atoms with Crippen LogP contribution in [0.5, 0.6) is 5.75 Å². The quantitative estimate of drug-likeness (QED) is 0.390. The van der Waals surface area contributed by atoms with E-state index in [9.17, 15) is 13.2 Å². The average molecular weight is 483 g/mol. The number of benzene rings is 1. The molecule has 0 unspecified atom stereocenters. The molecule has 2 rings (SSSR count). The van der Waals surface area contributed by atoms with Gasteiger partial charge in [0.15, 0.2) is 11.7 Å². The number of methoxy groups -OCH3 is 1. The molecule has 1 aromatic carbocycles. The maximum atomic E-state index is 13.0.